The molecule has 0 aliphatic carbocycles. The number of morpholine rings is 1. The van der Waals surface area contributed by atoms with E-state index in [2.05, 4.69) is 0 Å². The molecule has 2 aliphatic rings. The third kappa shape index (κ3) is 4.09. The van der Waals surface area contributed by atoms with Crippen molar-refractivity contribution in [1.82, 2.24) is 9.80 Å². The van der Waals surface area contributed by atoms with E-state index in [-0.39, 0.29) is 30.3 Å². The normalized spacial score (nSPS) is 28.3. The SMILES string of the molecule is CC(CC(=O)O)C1CCCN(C(=O)N2CCOCC2C)C1. The largest absolute Gasteiger partial charge is 0.481 e. The molecule has 2 heterocycles. The fourth-order valence-corrected chi connectivity index (χ4v) is 3.28. The van der Waals surface area contributed by atoms with Crippen LogP contribution in [0.15, 0.2) is 0 Å². The van der Waals surface area contributed by atoms with Gasteiger partial charge in [0.05, 0.1) is 19.3 Å². The molecule has 0 spiro atoms. The zero-order chi connectivity index (χ0) is 15.4. The lowest BCUT2D eigenvalue weighted by molar-refractivity contribution is -0.138. The summed E-state index contributed by atoms with van der Waals surface area (Å²) < 4.78 is 5.37. The zero-order valence-electron chi connectivity index (χ0n) is 13.0. The minimum atomic E-state index is -0.757. The Morgan fingerprint density at radius 2 is 2.14 bits per heavy atom. The Kier molecular flexibility index (Phi) is 5.45. The van der Waals surface area contributed by atoms with E-state index in [1.165, 1.54) is 0 Å². The van der Waals surface area contributed by atoms with Crippen molar-refractivity contribution in [2.45, 2.75) is 39.2 Å². The molecule has 0 bridgehead atoms. The van der Waals surface area contributed by atoms with Gasteiger partial charge in [0, 0.05) is 26.1 Å². The van der Waals surface area contributed by atoms with Crippen LogP contribution >= 0.6 is 0 Å². The molecule has 6 nitrogen and oxygen atoms in total. The van der Waals surface area contributed by atoms with Crippen LogP contribution in [0.25, 0.3) is 0 Å². The molecule has 2 amide bonds. The first-order chi connectivity index (χ1) is 9.99. The zero-order valence-corrected chi connectivity index (χ0v) is 13.0. The highest BCUT2D eigenvalue weighted by Gasteiger charge is 2.32. The van der Waals surface area contributed by atoms with E-state index in [0.29, 0.717) is 26.3 Å². The molecular formula is C15H26N2O4. The number of carboxylic acid groups (broad SMARTS) is 1. The molecule has 2 fully saturated rings. The number of urea groups is 1. The van der Waals surface area contributed by atoms with Crippen LogP contribution in [0.5, 0.6) is 0 Å². The maximum atomic E-state index is 12.6. The first-order valence-corrected chi connectivity index (χ1v) is 7.84. The fraction of sp³-hybridized carbons (Fsp3) is 0.867. The predicted molar refractivity (Wildman–Crippen MR) is 78.1 cm³/mol. The summed E-state index contributed by atoms with van der Waals surface area (Å²) in [7, 11) is 0. The highest BCUT2D eigenvalue weighted by atomic mass is 16.5. The average molecular weight is 298 g/mol. The number of hydrogen-bond donors (Lipinski definition) is 1. The Labute approximate surface area is 126 Å². The lowest BCUT2D eigenvalue weighted by Gasteiger charge is -2.41. The van der Waals surface area contributed by atoms with Crippen LogP contribution in [-0.2, 0) is 9.53 Å². The molecule has 3 unspecified atom stereocenters. The summed E-state index contributed by atoms with van der Waals surface area (Å²) in [5.41, 5.74) is 0. The molecule has 2 saturated heterocycles. The molecule has 3 atom stereocenters. The Morgan fingerprint density at radius 1 is 1.38 bits per heavy atom. The molecule has 0 aromatic heterocycles. The molecular weight excluding hydrogens is 272 g/mol. The highest BCUT2D eigenvalue weighted by Crippen LogP contribution is 2.27. The van der Waals surface area contributed by atoms with E-state index >= 15 is 0 Å². The number of carboxylic acids is 1. The summed E-state index contributed by atoms with van der Waals surface area (Å²) in [6.07, 6.45) is 2.15. The number of likely N-dealkylation sites (tertiary alicyclic amines) is 1. The van der Waals surface area contributed by atoms with Gasteiger partial charge in [0.1, 0.15) is 0 Å². The van der Waals surface area contributed by atoms with E-state index in [1.54, 1.807) is 0 Å². The van der Waals surface area contributed by atoms with E-state index in [9.17, 15) is 9.59 Å². The topological polar surface area (TPSA) is 70.1 Å². The third-order valence-corrected chi connectivity index (χ3v) is 4.64. The number of hydrogen-bond acceptors (Lipinski definition) is 3. The number of aliphatic carboxylic acids is 1. The molecule has 0 aromatic rings. The van der Waals surface area contributed by atoms with Gasteiger partial charge in [0.2, 0.25) is 0 Å². The molecule has 120 valence electrons. The first-order valence-electron chi connectivity index (χ1n) is 7.84. The fourth-order valence-electron chi connectivity index (χ4n) is 3.28. The minimum absolute atomic E-state index is 0.0815. The summed E-state index contributed by atoms with van der Waals surface area (Å²) in [4.78, 5) is 27.3. The number of nitrogens with zero attached hydrogens (tertiary/aromatic N) is 2. The van der Waals surface area contributed by atoms with Crippen LogP contribution in [0.4, 0.5) is 4.79 Å². The number of rotatable bonds is 3. The van der Waals surface area contributed by atoms with E-state index < -0.39 is 5.97 Å². The van der Waals surface area contributed by atoms with Crippen LogP contribution in [0.2, 0.25) is 0 Å². The van der Waals surface area contributed by atoms with Crippen LogP contribution in [0, 0.1) is 11.8 Å². The molecule has 0 radical (unpaired) electrons. The van der Waals surface area contributed by atoms with Crippen molar-refractivity contribution in [2.24, 2.45) is 11.8 Å². The van der Waals surface area contributed by atoms with Crippen molar-refractivity contribution < 1.29 is 19.4 Å². The van der Waals surface area contributed by atoms with Crippen LogP contribution in [0.1, 0.15) is 33.1 Å². The maximum Gasteiger partial charge on any atom is 0.320 e. The van der Waals surface area contributed by atoms with Gasteiger partial charge in [-0.25, -0.2) is 4.79 Å². The molecule has 2 rings (SSSR count). The van der Waals surface area contributed by atoms with E-state index in [0.717, 1.165) is 19.4 Å². The summed E-state index contributed by atoms with van der Waals surface area (Å²) in [5.74, 6) is -0.358. The molecule has 21 heavy (non-hydrogen) atoms. The molecule has 6 heteroatoms. The number of ether oxygens (including phenoxy) is 1. The second kappa shape index (κ2) is 7.11. The van der Waals surface area contributed by atoms with Crippen LogP contribution in [-0.4, -0.2) is 65.8 Å². The van der Waals surface area contributed by atoms with Gasteiger partial charge < -0.3 is 19.6 Å². The van der Waals surface area contributed by atoms with Crippen LogP contribution in [0.3, 0.4) is 0 Å². The minimum Gasteiger partial charge on any atom is -0.481 e. The van der Waals surface area contributed by atoms with Crippen molar-refractivity contribution >= 4 is 12.0 Å². The smallest absolute Gasteiger partial charge is 0.320 e. The Balaban J connectivity index is 1.93. The Morgan fingerprint density at radius 3 is 2.81 bits per heavy atom. The molecule has 1 N–H and O–H groups in total. The number of piperidine rings is 1. The van der Waals surface area contributed by atoms with Crippen molar-refractivity contribution in [3.05, 3.63) is 0 Å². The lowest BCUT2D eigenvalue weighted by Crippen LogP contribution is -2.54. The highest BCUT2D eigenvalue weighted by molar-refractivity contribution is 5.75. The van der Waals surface area contributed by atoms with Gasteiger partial charge in [-0.3, -0.25) is 4.79 Å². The number of carbonyl (C=O) groups excluding carboxylic acids is 1. The van der Waals surface area contributed by atoms with Gasteiger partial charge in [0.15, 0.2) is 0 Å². The predicted octanol–water partition coefficient (Wildman–Crippen LogP) is 1.65. The Hall–Kier alpha value is -1.30. The standard InChI is InChI=1S/C15H26N2O4/c1-11(8-14(18)19)13-4-3-5-16(9-13)15(20)17-6-7-21-10-12(17)2/h11-13H,3-10H2,1-2H3,(H,18,19). The van der Waals surface area contributed by atoms with Gasteiger partial charge in [-0.1, -0.05) is 6.92 Å². The monoisotopic (exact) mass is 298 g/mol. The molecule has 0 aromatic carbocycles. The third-order valence-electron chi connectivity index (χ3n) is 4.64. The van der Waals surface area contributed by atoms with Gasteiger partial charge in [-0.05, 0) is 31.6 Å². The van der Waals surface area contributed by atoms with Crippen molar-refractivity contribution in [3.63, 3.8) is 0 Å². The van der Waals surface area contributed by atoms with Crippen molar-refractivity contribution in [2.75, 3.05) is 32.8 Å². The quantitative estimate of drug-likeness (QED) is 0.860. The second-order valence-electron chi connectivity index (χ2n) is 6.32. The molecule has 2 aliphatic heterocycles. The summed E-state index contributed by atoms with van der Waals surface area (Å²) in [6.45, 7) is 7.28. The van der Waals surface area contributed by atoms with E-state index in [4.69, 9.17) is 9.84 Å². The van der Waals surface area contributed by atoms with Gasteiger partial charge >= 0.3 is 12.0 Å². The van der Waals surface area contributed by atoms with Crippen molar-refractivity contribution in [1.29, 1.82) is 0 Å². The number of carbonyl (C=O) groups is 2. The second-order valence-corrected chi connectivity index (χ2v) is 6.32. The van der Waals surface area contributed by atoms with Gasteiger partial charge in [0.25, 0.3) is 0 Å². The van der Waals surface area contributed by atoms with E-state index in [1.807, 2.05) is 23.6 Å². The lowest BCUT2D eigenvalue weighted by atomic mass is 9.85. The Bertz CT molecular complexity index is 388. The van der Waals surface area contributed by atoms with Crippen molar-refractivity contribution in [3.8, 4) is 0 Å². The molecule has 0 saturated carbocycles. The first kappa shape index (κ1) is 16.1. The summed E-state index contributed by atoms with van der Waals surface area (Å²) in [6, 6.07) is 0.195. The maximum absolute atomic E-state index is 12.6. The summed E-state index contributed by atoms with van der Waals surface area (Å²) in [5, 5.41) is 8.93. The summed E-state index contributed by atoms with van der Waals surface area (Å²) >= 11 is 0. The number of amides is 2. The van der Waals surface area contributed by atoms with Crippen LogP contribution < -0.4 is 0 Å². The van der Waals surface area contributed by atoms with Gasteiger partial charge in [-0.2, -0.15) is 0 Å². The average Bonchev–Trinajstić information content (AvgIpc) is 2.46. The van der Waals surface area contributed by atoms with Gasteiger partial charge in [-0.15, -0.1) is 0 Å².